The third kappa shape index (κ3) is 6.10. The van der Waals surface area contributed by atoms with Crippen molar-refractivity contribution in [1.82, 2.24) is 4.90 Å². The molecule has 0 aliphatic rings. The number of nitrogens with two attached hydrogens (primary N) is 1. The number of aliphatic hydroxyl groups is 1. The van der Waals surface area contributed by atoms with E-state index in [4.69, 9.17) is 15.6 Å². The lowest BCUT2D eigenvalue weighted by Gasteiger charge is -2.31. The molecule has 0 aliphatic heterocycles. The normalized spacial score (nSPS) is 17.8. The highest BCUT2D eigenvalue weighted by Gasteiger charge is 2.20. The van der Waals surface area contributed by atoms with Crippen LogP contribution in [0.1, 0.15) is 27.2 Å². The third-order valence-electron chi connectivity index (χ3n) is 2.77. The highest BCUT2D eigenvalue weighted by Crippen LogP contribution is 2.08. The average Bonchev–Trinajstić information content (AvgIpc) is 2.19. The minimum absolute atomic E-state index is 0.0310. The summed E-state index contributed by atoms with van der Waals surface area (Å²) in [5, 5.41) is 9.05. The topological polar surface area (TPSA) is 58.7 Å². The van der Waals surface area contributed by atoms with Crippen molar-refractivity contribution in [2.45, 2.75) is 38.8 Å². The maximum atomic E-state index is 9.05. The van der Waals surface area contributed by atoms with Crippen LogP contribution in [0, 0.1) is 0 Å². The average molecular weight is 218 g/mol. The summed E-state index contributed by atoms with van der Waals surface area (Å²) in [6, 6.07) is 0.398. The number of hydrogen-bond acceptors (Lipinski definition) is 4. The number of rotatable bonds is 8. The second kappa shape index (κ2) is 7.17. The molecule has 0 saturated carbocycles. The number of likely N-dealkylation sites (N-methyl/N-ethyl adjacent to an activating group) is 1. The zero-order valence-corrected chi connectivity index (χ0v) is 10.5. The quantitative estimate of drug-likeness (QED) is 0.621. The largest absolute Gasteiger partial charge is 0.394 e. The Morgan fingerprint density at radius 3 is 2.53 bits per heavy atom. The van der Waals surface area contributed by atoms with Crippen LogP contribution in [0.25, 0.3) is 0 Å². The van der Waals surface area contributed by atoms with Crippen LogP contribution in [0.3, 0.4) is 0 Å². The molecule has 2 unspecified atom stereocenters. The van der Waals surface area contributed by atoms with E-state index in [-0.39, 0.29) is 6.61 Å². The van der Waals surface area contributed by atoms with Gasteiger partial charge in [0.15, 0.2) is 0 Å². The first-order valence-corrected chi connectivity index (χ1v) is 5.59. The van der Waals surface area contributed by atoms with Gasteiger partial charge in [-0.25, -0.2) is 0 Å². The number of aliphatic hydroxyl groups excluding tert-OH is 1. The molecule has 2 atom stereocenters. The molecule has 0 aromatic carbocycles. The van der Waals surface area contributed by atoms with E-state index in [0.717, 1.165) is 26.1 Å². The van der Waals surface area contributed by atoms with E-state index in [0.29, 0.717) is 6.04 Å². The smallest absolute Gasteiger partial charge is 0.0615 e. The fourth-order valence-corrected chi connectivity index (χ4v) is 1.51. The van der Waals surface area contributed by atoms with Crippen LogP contribution >= 0.6 is 0 Å². The monoisotopic (exact) mass is 218 g/mol. The van der Waals surface area contributed by atoms with Gasteiger partial charge in [0.2, 0.25) is 0 Å². The van der Waals surface area contributed by atoms with E-state index < -0.39 is 5.54 Å². The lowest BCUT2D eigenvalue weighted by atomic mass is 10.00. The molecular formula is C11H26N2O2. The van der Waals surface area contributed by atoms with E-state index in [9.17, 15) is 0 Å². The number of nitrogens with zero attached hydrogens (tertiary/aromatic N) is 1. The van der Waals surface area contributed by atoms with Crippen molar-refractivity contribution in [2.75, 3.05) is 33.4 Å². The van der Waals surface area contributed by atoms with Gasteiger partial charge in [-0.3, -0.25) is 4.90 Å². The molecule has 3 N–H and O–H groups in total. The zero-order chi connectivity index (χ0) is 11.9. The minimum Gasteiger partial charge on any atom is -0.394 e. The van der Waals surface area contributed by atoms with Gasteiger partial charge >= 0.3 is 0 Å². The molecule has 0 bridgehead atoms. The van der Waals surface area contributed by atoms with Gasteiger partial charge < -0.3 is 15.6 Å². The minimum atomic E-state index is -0.472. The highest BCUT2D eigenvalue weighted by atomic mass is 16.5. The molecular weight excluding hydrogens is 192 g/mol. The Kier molecular flexibility index (Phi) is 7.09. The van der Waals surface area contributed by atoms with Gasteiger partial charge in [-0.15, -0.1) is 0 Å². The first-order valence-electron chi connectivity index (χ1n) is 5.59. The first-order chi connectivity index (χ1) is 6.96. The molecule has 0 heterocycles. The Labute approximate surface area is 93.4 Å². The molecule has 0 aromatic rings. The van der Waals surface area contributed by atoms with Crippen LogP contribution in [0.4, 0.5) is 0 Å². The lowest BCUT2D eigenvalue weighted by molar-refractivity contribution is 0.0923. The highest BCUT2D eigenvalue weighted by molar-refractivity contribution is 4.79. The first kappa shape index (κ1) is 14.8. The van der Waals surface area contributed by atoms with Gasteiger partial charge in [-0.1, -0.05) is 6.92 Å². The summed E-state index contributed by atoms with van der Waals surface area (Å²) >= 11 is 0. The van der Waals surface area contributed by atoms with Gasteiger partial charge in [0, 0.05) is 25.2 Å². The molecule has 0 aliphatic carbocycles. The molecule has 0 aromatic heterocycles. The van der Waals surface area contributed by atoms with Crippen molar-refractivity contribution in [3.8, 4) is 0 Å². The second-order valence-corrected chi connectivity index (χ2v) is 4.50. The van der Waals surface area contributed by atoms with Crippen LogP contribution in [0.15, 0.2) is 0 Å². The summed E-state index contributed by atoms with van der Waals surface area (Å²) in [5.74, 6) is 0. The van der Waals surface area contributed by atoms with Crippen LogP contribution in [-0.4, -0.2) is 55.0 Å². The van der Waals surface area contributed by atoms with E-state index >= 15 is 0 Å². The Balaban J connectivity index is 3.99. The predicted molar refractivity (Wildman–Crippen MR) is 62.9 cm³/mol. The van der Waals surface area contributed by atoms with Crippen molar-refractivity contribution in [2.24, 2.45) is 5.73 Å². The van der Waals surface area contributed by atoms with Crippen LogP contribution < -0.4 is 5.73 Å². The molecule has 0 amide bonds. The summed E-state index contributed by atoms with van der Waals surface area (Å²) in [7, 11) is 1.71. The molecule has 0 rings (SSSR count). The van der Waals surface area contributed by atoms with Gasteiger partial charge in [0.1, 0.15) is 0 Å². The van der Waals surface area contributed by atoms with Gasteiger partial charge in [-0.2, -0.15) is 0 Å². The van der Waals surface area contributed by atoms with Crippen molar-refractivity contribution in [3.05, 3.63) is 0 Å². The molecule has 0 radical (unpaired) electrons. The Morgan fingerprint density at radius 2 is 2.13 bits per heavy atom. The maximum Gasteiger partial charge on any atom is 0.0615 e. The lowest BCUT2D eigenvalue weighted by Crippen LogP contribution is -2.45. The Bertz CT molecular complexity index is 163. The van der Waals surface area contributed by atoms with Gasteiger partial charge in [-0.05, 0) is 26.8 Å². The molecule has 4 nitrogen and oxygen atoms in total. The van der Waals surface area contributed by atoms with Gasteiger partial charge in [0.05, 0.1) is 13.2 Å². The fourth-order valence-electron chi connectivity index (χ4n) is 1.51. The standard InChI is InChI=1S/C11H26N2O2/c1-5-13(10(2)8-15-4)7-6-11(3,12)9-14/h10,14H,5-9,12H2,1-4H3. The number of ether oxygens (including phenoxy) is 1. The molecule has 0 saturated heterocycles. The van der Waals surface area contributed by atoms with Crippen molar-refractivity contribution < 1.29 is 9.84 Å². The zero-order valence-electron chi connectivity index (χ0n) is 10.5. The third-order valence-corrected chi connectivity index (χ3v) is 2.77. The van der Waals surface area contributed by atoms with Crippen LogP contribution in [-0.2, 0) is 4.74 Å². The van der Waals surface area contributed by atoms with Crippen LogP contribution in [0.5, 0.6) is 0 Å². The van der Waals surface area contributed by atoms with Crippen molar-refractivity contribution >= 4 is 0 Å². The van der Waals surface area contributed by atoms with E-state index in [2.05, 4.69) is 18.7 Å². The SMILES string of the molecule is CCN(CCC(C)(N)CO)C(C)COC. The number of methoxy groups -OCH3 is 1. The molecule has 0 fully saturated rings. The summed E-state index contributed by atoms with van der Waals surface area (Å²) < 4.78 is 5.12. The molecule has 4 heteroatoms. The fraction of sp³-hybridized carbons (Fsp3) is 1.00. The van der Waals surface area contributed by atoms with E-state index in [1.165, 1.54) is 0 Å². The maximum absolute atomic E-state index is 9.05. The second-order valence-electron chi connectivity index (χ2n) is 4.50. The van der Waals surface area contributed by atoms with E-state index in [1.807, 2.05) is 6.92 Å². The predicted octanol–water partition coefficient (Wildman–Crippen LogP) is 0.443. The van der Waals surface area contributed by atoms with Crippen molar-refractivity contribution in [3.63, 3.8) is 0 Å². The van der Waals surface area contributed by atoms with Gasteiger partial charge in [0.25, 0.3) is 0 Å². The summed E-state index contributed by atoms with van der Waals surface area (Å²) in [5.41, 5.74) is 5.41. The summed E-state index contributed by atoms with van der Waals surface area (Å²) in [6.45, 7) is 8.78. The molecule has 0 spiro atoms. The Hall–Kier alpha value is -0.160. The van der Waals surface area contributed by atoms with Crippen LogP contribution in [0.2, 0.25) is 0 Å². The number of hydrogen-bond donors (Lipinski definition) is 2. The van der Waals surface area contributed by atoms with E-state index in [1.54, 1.807) is 7.11 Å². The summed E-state index contributed by atoms with van der Waals surface area (Å²) in [6.07, 6.45) is 0.797. The molecule has 15 heavy (non-hydrogen) atoms. The Morgan fingerprint density at radius 1 is 1.53 bits per heavy atom. The van der Waals surface area contributed by atoms with Crippen molar-refractivity contribution in [1.29, 1.82) is 0 Å². The summed E-state index contributed by atoms with van der Waals surface area (Å²) in [4.78, 5) is 2.31. The molecule has 92 valence electrons.